The topological polar surface area (TPSA) is 41.1 Å². The van der Waals surface area contributed by atoms with Gasteiger partial charge < -0.3 is 10.6 Å². The van der Waals surface area contributed by atoms with Crippen molar-refractivity contribution in [2.24, 2.45) is 5.92 Å². The van der Waals surface area contributed by atoms with Crippen LogP contribution in [-0.2, 0) is 6.18 Å². The number of alkyl halides is 3. The van der Waals surface area contributed by atoms with Crippen molar-refractivity contribution >= 4 is 11.6 Å². The third-order valence-electron chi connectivity index (χ3n) is 3.92. The molecule has 2 rings (SSSR count). The Bertz CT molecular complexity index is 510. The summed E-state index contributed by atoms with van der Waals surface area (Å²) < 4.78 is 38.8. The molecule has 2 N–H and O–H groups in total. The molecule has 116 valence electrons. The number of benzene rings is 1. The molecule has 1 fully saturated rings. The highest BCUT2D eigenvalue weighted by atomic mass is 19.4. The average molecular weight is 300 g/mol. The van der Waals surface area contributed by atoms with Crippen LogP contribution in [0, 0.1) is 5.92 Å². The van der Waals surface area contributed by atoms with Crippen LogP contribution in [0.4, 0.5) is 18.9 Å². The van der Waals surface area contributed by atoms with Gasteiger partial charge >= 0.3 is 6.18 Å². The Kier molecular flexibility index (Phi) is 4.75. The van der Waals surface area contributed by atoms with Crippen molar-refractivity contribution in [1.82, 2.24) is 5.32 Å². The summed E-state index contributed by atoms with van der Waals surface area (Å²) in [5.74, 6) is 0.199. The second-order valence-electron chi connectivity index (χ2n) is 5.35. The number of hydrogen-bond donors (Lipinski definition) is 2. The molecule has 0 radical (unpaired) electrons. The van der Waals surface area contributed by atoms with Gasteiger partial charge in [0.25, 0.3) is 5.91 Å². The van der Waals surface area contributed by atoms with E-state index in [2.05, 4.69) is 10.6 Å². The van der Waals surface area contributed by atoms with E-state index in [1.165, 1.54) is 38.4 Å². The second-order valence-corrected chi connectivity index (χ2v) is 5.35. The molecule has 0 saturated heterocycles. The van der Waals surface area contributed by atoms with Crippen LogP contribution in [-0.4, -0.2) is 19.5 Å². The van der Waals surface area contributed by atoms with E-state index in [1.807, 2.05) is 0 Å². The van der Waals surface area contributed by atoms with E-state index in [-0.39, 0.29) is 11.3 Å². The van der Waals surface area contributed by atoms with Gasteiger partial charge in [0.2, 0.25) is 0 Å². The summed E-state index contributed by atoms with van der Waals surface area (Å²) in [7, 11) is 1.42. The number of carbonyl (C=O) groups excluding carboxylic acids is 1. The van der Waals surface area contributed by atoms with Gasteiger partial charge in [0.1, 0.15) is 0 Å². The predicted octanol–water partition coefficient (Wildman–Crippen LogP) is 3.67. The first-order valence-electron chi connectivity index (χ1n) is 7.09. The summed E-state index contributed by atoms with van der Waals surface area (Å²) in [6.07, 6.45) is 0.0159. The normalized spacial score (nSPS) is 15.4. The van der Waals surface area contributed by atoms with Crippen LogP contribution in [0.15, 0.2) is 18.2 Å². The summed E-state index contributed by atoms with van der Waals surface area (Å²) in [5.41, 5.74) is -0.819. The highest BCUT2D eigenvalue weighted by molar-refractivity contribution is 5.95. The van der Waals surface area contributed by atoms with E-state index in [4.69, 9.17) is 0 Å². The largest absolute Gasteiger partial charge is 0.418 e. The molecule has 0 spiro atoms. The maximum absolute atomic E-state index is 12.9. The van der Waals surface area contributed by atoms with Gasteiger partial charge in [-0.2, -0.15) is 13.2 Å². The fourth-order valence-electron chi connectivity index (χ4n) is 2.41. The standard InChI is InChI=1S/C15H19F3N2O/c1-19-13-6-5-11(9-12(13)15(16,17)18)14(21)20-8-7-10-3-2-4-10/h5-6,9-10,19H,2-4,7-8H2,1H3,(H,20,21). The van der Waals surface area contributed by atoms with Gasteiger partial charge in [-0.1, -0.05) is 19.3 Å². The molecule has 1 aromatic carbocycles. The Balaban J connectivity index is 2.02. The zero-order valence-corrected chi connectivity index (χ0v) is 11.9. The van der Waals surface area contributed by atoms with Gasteiger partial charge in [-0.15, -0.1) is 0 Å². The fraction of sp³-hybridized carbons (Fsp3) is 0.533. The van der Waals surface area contributed by atoms with E-state index in [9.17, 15) is 18.0 Å². The minimum Gasteiger partial charge on any atom is -0.388 e. The summed E-state index contributed by atoms with van der Waals surface area (Å²) in [4.78, 5) is 11.9. The molecule has 6 heteroatoms. The molecule has 21 heavy (non-hydrogen) atoms. The smallest absolute Gasteiger partial charge is 0.388 e. The van der Waals surface area contributed by atoms with Gasteiger partial charge in [-0.3, -0.25) is 4.79 Å². The Morgan fingerprint density at radius 3 is 2.57 bits per heavy atom. The van der Waals surface area contributed by atoms with Crippen LogP contribution in [0.5, 0.6) is 0 Å². The predicted molar refractivity (Wildman–Crippen MR) is 75.3 cm³/mol. The molecule has 0 aliphatic heterocycles. The molecular weight excluding hydrogens is 281 g/mol. The maximum Gasteiger partial charge on any atom is 0.418 e. The molecule has 1 aliphatic rings. The van der Waals surface area contributed by atoms with Crippen molar-refractivity contribution in [3.63, 3.8) is 0 Å². The number of nitrogens with one attached hydrogen (secondary N) is 2. The molecule has 0 heterocycles. The van der Waals surface area contributed by atoms with E-state index < -0.39 is 17.6 Å². The van der Waals surface area contributed by atoms with Crippen molar-refractivity contribution in [2.45, 2.75) is 31.9 Å². The third kappa shape index (κ3) is 3.89. The Morgan fingerprint density at radius 2 is 2.05 bits per heavy atom. The number of anilines is 1. The van der Waals surface area contributed by atoms with Crippen LogP contribution in [0.1, 0.15) is 41.6 Å². The van der Waals surface area contributed by atoms with E-state index in [0.29, 0.717) is 12.5 Å². The van der Waals surface area contributed by atoms with Crippen LogP contribution >= 0.6 is 0 Å². The summed E-state index contributed by atoms with van der Waals surface area (Å²) in [5, 5.41) is 5.18. The number of carbonyl (C=O) groups is 1. The first-order valence-corrected chi connectivity index (χ1v) is 7.09. The lowest BCUT2D eigenvalue weighted by Gasteiger charge is -2.25. The number of halogens is 3. The summed E-state index contributed by atoms with van der Waals surface area (Å²) in [6.45, 7) is 0.513. The number of rotatable bonds is 5. The summed E-state index contributed by atoms with van der Waals surface area (Å²) >= 11 is 0. The highest BCUT2D eigenvalue weighted by Gasteiger charge is 2.34. The van der Waals surface area contributed by atoms with Gasteiger partial charge in [0.05, 0.1) is 5.56 Å². The minimum atomic E-state index is -4.49. The highest BCUT2D eigenvalue weighted by Crippen LogP contribution is 2.35. The SMILES string of the molecule is CNc1ccc(C(=O)NCCC2CCC2)cc1C(F)(F)F. The van der Waals surface area contributed by atoms with Crippen molar-refractivity contribution in [3.05, 3.63) is 29.3 Å². The lowest BCUT2D eigenvalue weighted by Crippen LogP contribution is -2.27. The number of hydrogen-bond acceptors (Lipinski definition) is 2. The maximum atomic E-state index is 12.9. The number of amides is 1. The molecule has 1 aliphatic carbocycles. The van der Waals surface area contributed by atoms with Crippen molar-refractivity contribution in [2.75, 3.05) is 18.9 Å². The van der Waals surface area contributed by atoms with Gasteiger partial charge in [0.15, 0.2) is 0 Å². The molecule has 0 bridgehead atoms. The lowest BCUT2D eigenvalue weighted by atomic mass is 9.83. The van der Waals surface area contributed by atoms with Crippen molar-refractivity contribution < 1.29 is 18.0 Å². The van der Waals surface area contributed by atoms with Crippen LogP contribution in [0.2, 0.25) is 0 Å². The molecule has 0 atom stereocenters. The minimum absolute atomic E-state index is 0.0338. The average Bonchev–Trinajstić information content (AvgIpc) is 2.39. The Labute approximate surface area is 121 Å². The molecule has 3 nitrogen and oxygen atoms in total. The fourth-order valence-corrected chi connectivity index (χ4v) is 2.41. The van der Waals surface area contributed by atoms with Crippen LogP contribution in [0.25, 0.3) is 0 Å². The van der Waals surface area contributed by atoms with Crippen LogP contribution < -0.4 is 10.6 Å². The first kappa shape index (κ1) is 15.7. The molecular formula is C15H19F3N2O. The summed E-state index contributed by atoms with van der Waals surface area (Å²) in [6, 6.07) is 3.58. The monoisotopic (exact) mass is 300 g/mol. The van der Waals surface area contributed by atoms with Gasteiger partial charge in [-0.05, 0) is 30.5 Å². The van der Waals surface area contributed by atoms with Crippen LogP contribution in [0.3, 0.4) is 0 Å². The van der Waals surface area contributed by atoms with E-state index in [1.54, 1.807) is 0 Å². The Morgan fingerprint density at radius 1 is 1.33 bits per heavy atom. The molecule has 0 unspecified atom stereocenters. The lowest BCUT2D eigenvalue weighted by molar-refractivity contribution is -0.136. The van der Waals surface area contributed by atoms with Crippen molar-refractivity contribution in [3.8, 4) is 0 Å². The molecule has 0 aromatic heterocycles. The second kappa shape index (κ2) is 6.37. The van der Waals surface area contributed by atoms with E-state index in [0.717, 1.165) is 12.5 Å². The third-order valence-corrected chi connectivity index (χ3v) is 3.92. The molecule has 1 amide bonds. The van der Waals surface area contributed by atoms with Gasteiger partial charge in [0, 0.05) is 24.8 Å². The zero-order valence-electron chi connectivity index (χ0n) is 11.9. The quantitative estimate of drug-likeness (QED) is 0.871. The van der Waals surface area contributed by atoms with E-state index >= 15 is 0 Å². The molecule has 1 aromatic rings. The van der Waals surface area contributed by atoms with Crippen molar-refractivity contribution in [1.29, 1.82) is 0 Å². The molecule has 1 saturated carbocycles. The first-order chi connectivity index (χ1) is 9.91. The van der Waals surface area contributed by atoms with Gasteiger partial charge in [-0.25, -0.2) is 0 Å². The Hall–Kier alpha value is -1.72. The zero-order chi connectivity index (χ0) is 15.5.